The lowest BCUT2D eigenvalue weighted by Gasteiger charge is -2.17. The molecule has 1 heterocycles. The lowest BCUT2D eigenvalue weighted by atomic mass is 10.1. The summed E-state index contributed by atoms with van der Waals surface area (Å²) in [7, 11) is 0. The standard InChI is InChI=1S/C18H21F2N3O2/c1-9-5-15(9)23-8-10(6-16(23)24)21-18(25)22-14-7-11(14)17-12(19)3-2-4-13(17)20/h2-4,9-11,14-15H,5-8H2,1H3,(H2,21,22,25)/t9-,10-,11+,14-,15+/m1/s1. The number of carbonyl (C=O) groups is 2. The van der Waals surface area contributed by atoms with Gasteiger partial charge in [-0.05, 0) is 30.9 Å². The number of likely N-dealkylation sites (tertiary alicyclic amines) is 1. The molecule has 2 aliphatic carbocycles. The predicted octanol–water partition coefficient (Wildman–Crippen LogP) is 2.13. The van der Waals surface area contributed by atoms with Crippen LogP contribution in [-0.2, 0) is 4.79 Å². The Hall–Kier alpha value is -2.18. The highest BCUT2D eigenvalue weighted by molar-refractivity contribution is 5.82. The largest absolute Gasteiger partial charge is 0.337 e. The summed E-state index contributed by atoms with van der Waals surface area (Å²) in [5.41, 5.74) is 0.0396. The molecule has 3 fully saturated rings. The molecule has 0 aromatic heterocycles. The first-order valence-electron chi connectivity index (χ1n) is 8.74. The number of hydrogen-bond acceptors (Lipinski definition) is 2. The van der Waals surface area contributed by atoms with E-state index in [-0.39, 0.29) is 35.5 Å². The number of amides is 3. The quantitative estimate of drug-likeness (QED) is 0.875. The van der Waals surface area contributed by atoms with Gasteiger partial charge in [0, 0.05) is 36.5 Å². The smallest absolute Gasteiger partial charge is 0.315 e. The number of carbonyl (C=O) groups excluding carboxylic acids is 2. The molecular weight excluding hydrogens is 328 g/mol. The molecule has 1 aliphatic heterocycles. The van der Waals surface area contributed by atoms with Gasteiger partial charge in [-0.1, -0.05) is 13.0 Å². The van der Waals surface area contributed by atoms with E-state index in [1.807, 2.05) is 4.90 Å². The summed E-state index contributed by atoms with van der Waals surface area (Å²) in [6, 6.07) is 3.24. The zero-order chi connectivity index (χ0) is 17.7. The number of nitrogens with one attached hydrogen (secondary N) is 2. The van der Waals surface area contributed by atoms with E-state index in [4.69, 9.17) is 0 Å². The van der Waals surface area contributed by atoms with Crippen molar-refractivity contribution in [2.24, 2.45) is 5.92 Å². The van der Waals surface area contributed by atoms with E-state index in [2.05, 4.69) is 17.6 Å². The molecule has 0 spiro atoms. The molecule has 7 heteroatoms. The second-order valence-corrected chi connectivity index (χ2v) is 7.43. The fourth-order valence-corrected chi connectivity index (χ4v) is 3.82. The van der Waals surface area contributed by atoms with Crippen molar-refractivity contribution in [2.75, 3.05) is 6.54 Å². The van der Waals surface area contributed by atoms with Gasteiger partial charge in [0.1, 0.15) is 11.6 Å². The molecule has 1 aromatic carbocycles. The van der Waals surface area contributed by atoms with Crippen LogP contribution in [0.4, 0.5) is 13.6 Å². The normalized spacial score (nSPS) is 33.3. The van der Waals surface area contributed by atoms with Crippen LogP contribution in [0.2, 0.25) is 0 Å². The highest BCUT2D eigenvalue weighted by atomic mass is 19.1. The summed E-state index contributed by atoms with van der Waals surface area (Å²) in [6.45, 7) is 2.65. The Morgan fingerprint density at radius 1 is 1.20 bits per heavy atom. The maximum absolute atomic E-state index is 13.8. The molecule has 0 unspecified atom stereocenters. The number of hydrogen-bond donors (Lipinski definition) is 2. The van der Waals surface area contributed by atoms with E-state index in [1.54, 1.807) is 0 Å². The van der Waals surface area contributed by atoms with Gasteiger partial charge in [-0.3, -0.25) is 4.79 Å². The van der Waals surface area contributed by atoms with Crippen molar-refractivity contribution in [1.29, 1.82) is 0 Å². The van der Waals surface area contributed by atoms with Gasteiger partial charge < -0.3 is 15.5 Å². The molecular formula is C18H21F2N3O2. The van der Waals surface area contributed by atoms with Crippen molar-refractivity contribution in [1.82, 2.24) is 15.5 Å². The van der Waals surface area contributed by atoms with Gasteiger partial charge in [0.05, 0.1) is 6.04 Å². The average molecular weight is 349 g/mol. The molecule has 4 rings (SSSR count). The Bertz CT molecular complexity index is 706. The number of benzene rings is 1. The van der Waals surface area contributed by atoms with Crippen LogP contribution in [0.15, 0.2) is 18.2 Å². The van der Waals surface area contributed by atoms with Gasteiger partial charge in [-0.25, -0.2) is 13.6 Å². The molecule has 0 radical (unpaired) electrons. The third kappa shape index (κ3) is 3.19. The van der Waals surface area contributed by atoms with Crippen molar-refractivity contribution in [2.45, 2.75) is 50.2 Å². The monoisotopic (exact) mass is 349 g/mol. The first-order valence-corrected chi connectivity index (χ1v) is 8.74. The molecule has 2 saturated carbocycles. The van der Waals surface area contributed by atoms with Crippen molar-refractivity contribution in [3.63, 3.8) is 0 Å². The third-order valence-corrected chi connectivity index (χ3v) is 5.44. The topological polar surface area (TPSA) is 61.4 Å². The van der Waals surface area contributed by atoms with Crippen molar-refractivity contribution >= 4 is 11.9 Å². The van der Waals surface area contributed by atoms with E-state index in [0.29, 0.717) is 31.3 Å². The Kier molecular flexibility index (Phi) is 3.89. The van der Waals surface area contributed by atoms with Crippen LogP contribution in [0, 0.1) is 17.6 Å². The second kappa shape index (κ2) is 5.97. The second-order valence-electron chi connectivity index (χ2n) is 7.43. The van der Waals surface area contributed by atoms with Crippen LogP contribution in [-0.4, -0.2) is 41.5 Å². The van der Waals surface area contributed by atoms with Crippen molar-refractivity contribution in [3.05, 3.63) is 35.4 Å². The van der Waals surface area contributed by atoms with Crippen molar-refractivity contribution in [3.8, 4) is 0 Å². The van der Waals surface area contributed by atoms with Gasteiger partial charge in [-0.2, -0.15) is 0 Å². The van der Waals surface area contributed by atoms with Gasteiger partial charge in [0.2, 0.25) is 5.91 Å². The minimum Gasteiger partial charge on any atom is -0.337 e. The summed E-state index contributed by atoms with van der Waals surface area (Å²) in [5.74, 6) is -0.867. The highest BCUT2D eigenvalue weighted by Crippen LogP contribution is 2.43. The van der Waals surface area contributed by atoms with E-state index >= 15 is 0 Å². The lowest BCUT2D eigenvalue weighted by molar-refractivity contribution is -0.128. The van der Waals surface area contributed by atoms with Crippen LogP contribution in [0.25, 0.3) is 0 Å². The van der Waals surface area contributed by atoms with Gasteiger partial charge >= 0.3 is 6.03 Å². The van der Waals surface area contributed by atoms with Crippen molar-refractivity contribution < 1.29 is 18.4 Å². The molecule has 0 bridgehead atoms. The number of halogens is 2. The summed E-state index contributed by atoms with van der Waals surface area (Å²) in [5, 5.41) is 5.56. The van der Waals surface area contributed by atoms with Crippen LogP contribution < -0.4 is 10.6 Å². The molecule has 5 nitrogen and oxygen atoms in total. The Morgan fingerprint density at radius 2 is 1.88 bits per heavy atom. The first kappa shape index (κ1) is 16.3. The third-order valence-electron chi connectivity index (χ3n) is 5.44. The minimum atomic E-state index is -0.578. The number of nitrogens with zero attached hydrogens (tertiary/aromatic N) is 1. The highest BCUT2D eigenvalue weighted by Gasteiger charge is 2.46. The molecule has 134 valence electrons. The zero-order valence-corrected chi connectivity index (χ0v) is 14.0. The summed E-state index contributed by atoms with van der Waals surface area (Å²) in [6.07, 6.45) is 1.86. The summed E-state index contributed by atoms with van der Waals surface area (Å²) >= 11 is 0. The minimum absolute atomic E-state index is 0.0396. The van der Waals surface area contributed by atoms with E-state index in [0.717, 1.165) is 6.42 Å². The molecule has 1 saturated heterocycles. The Morgan fingerprint density at radius 3 is 2.52 bits per heavy atom. The number of rotatable bonds is 4. The lowest BCUT2D eigenvalue weighted by Crippen LogP contribution is -2.44. The maximum atomic E-state index is 13.8. The van der Waals surface area contributed by atoms with E-state index in [1.165, 1.54) is 18.2 Å². The molecule has 25 heavy (non-hydrogen) atoms. The van der Waals surface area contributed by atoms with Gasteiger partial charge in [-0.15, -0.1) is 0 Å². The predicted molar refractivity (Wildman–Crippen MR) is 86.9 cm³/mol. The van der Waals surface area contributed by atoms with E-state index in [9.17, 15) is 18.4 Å². The maximum Gasteiger partial charge on any atom is 0.315 e. The van der Waals surface area contributed by atoms with E-state index < -0.39 is 11.6 Å². The fraction of sp³-hybridized carbons (Fsp3) is 0.556. The summed E-state index contributed by atoms with van der Waals surface area (Å²) < 4.78 is 27.5. The van der Waals surface area contributed by atoms with Gasteiger partial charge in [0.15, 0.2) is 0 Å². The van der Waals surface area contributed by atoms with Crippen LogP contribution >= 0.6 is 0 Å². The molecule has 2 N–H and O–H groups in total. The van der Waals surface area contributed by atoms with Crippen LogP contribution in [0.3, 0.4) is 0 Å². The molecule has 3 amide bonds. The molecule has 1 aromatic rings. The fourth-order valence-electron chi connectivity index (χ4n) is 3.82. The Balaban J connectivity index is 1.29. The Labute approximate surface area is 144 Å². The molecule has 5 atom stereocenters. The first-order chi connectivity index (χ1) is 11.9. The summed E-state index contributed by atoms with van der Waals surface area (Å²) in [4.78, 5) is 26.0. The zero-order valence-electron chi connectivity index (χ0n) is 14.0. The average Bonchev–Trinajstić information content (AvgIpc) is 3.41. The van der Waals surface area contributed by atoms with Gasteiger partial charge in [0.25, 0.3) is 0 Å². The van der Waals surface area contributed by atoms with Crippen LogP contribution in [0.1, 0.15) is 37.7 Å². The number of urea groups is 1. The SMILES string of the molecule is C[C@@H]1C[C@@H]1N1C[C@H](NC(=O)N[C@@H]2C[C@@H]2c2c(F)cccc2F)CC1=O. The molecule has 3 aliphatic rings. The van der Waals surface area contributed by atoms with Crippen LogP contribution in [0.5, 0.6) is 0 Å².